The van der Waals surface area contributed by atoms with Gasteiger partial charge in [0, 0.05) is 23.7 Å². The second-order valence-corrected chi connectivity index (χ2v) is 5.85. The molecule has 1 heterocycles. The Morgan fingerprint density at radius 3 is 2.56 bits per heavy atom. The first-order valence-electron chi connectivity index (χ1n) is 8.69. The lowest BCUT2D eigenvalue weighted by molar-refractivity contribution is -0.167. The summed E-state index contributed by atoms with van der Waals surface area (Å²) >= 11 is 0. The van der Waals surface area contributed by atoms with Crippen LogP contribution < -0.4 is 10.6 Å². The highest BCUT2D eigenvalue weighted by Gasteiger charge is 2.38. The van der Waals surface area contributed by atoms with Gasteiger partial charge in [-0.15, -0.1) is 0 Å². The highest BCUT2D eigenvalue weighted by atomic mass is 19.4. The molecule has 0 fully saturated rings. The molecule has 2 aromatic carbocycles. The van der Waals surface area contributed by atoms with E-state index >= 15 is 0 Å². The lowest BCUT2D eigenvalue weighted by Crippen LogP contribution is -2.35. The van der Waals surface area contributed by atoms with E-state index in [1.54, 1.807) is 24.3 Å². The van der Waals surface area contributed by atoms with Gasteiger partial charge in [0.25, 0.3) is 5.91 Å². The van der Waals surface area contributed by atoms with E-state index in [4.69, 9.17) is 0 Å². The third-order valence-electron chi connectivity index (χ3n) is 4.08. The Kier molecular flexibility index (Phi) is 6.60. The van der Waals surface area contributed by atoms with Gasteiger partial charge in [0.1, 0.15) is 0 Å². The van der Waals surface area contributed by atoms with Crippen LogP contribution in [0.3, 0.4) is 0 Å². The van der Waals surface area contributed by atoms with Crippen molar-refractivity contribution in [1.82, 2.24) is 5.32 Å². The van der Waals surface area contributed by atoms with Crippen LogP contribution in [-0.2, 0) is 11.2 Å². The molecule has 0 saturated heterocycles. The van der Waals surface area contributed by atoms with Crippen LogP contribution in [0.5, 0.6) is 0 Å². The van der Waals surface area contributed by atoms with Crippen LogP contribution in [0.1, 0.15) is 41.3 Å². The summed E-state index contributed by atoms with van der Waals surface area (Å²) < 4.78 is 37.1. The summed E-state index contributed by atoms with van der Waals surface area (Å²) in [5.74, 6) is -2.11. The smallest absolute Gasteiger partial charge is 0.351 e. The van der Waals surface area contributed by atoms with E-state index in [9.17, 15) is 22.8 Å². The zero-order valence-corrected chi connectivity index (χ0v) is 15.1. The Bertz CT molecular complexity index is 819. The number of nitrogens with one attached hydrogen (secondary N) is 2. The molecule has 1 unspecified atom stereocenters. The van der Waals surface area contributed by atoms with Crippen molar-refractivity contribution >= 4 is 17.5 Å². The van der Waals surface area contributed by atoms with Gasteiger partial charge < -0.3 is 10.6 Å². The second kappa shape index (κ2) is 8.70. The molecule has 1 aliphatic heterocycles. The lowest BCUT2D eigenvalue weighted by Gasteiger charge is -2.26. The topological polar surface area (TPSA) is 58.2 Å². The third kappa shape index (κ3) is 5.09. The summed E-state index contributed by atoms with van der Waals surface area (Å²) in [5.41, 5.74) is 2.39. The molecule has 0 saturated carbocycles. The normalized spacial score (nSPS) is 15.7. The van der Waals surface area contributed by atoms with Crippen molar-refractivity contribution in [3.05, 3.63) is 65.2 Å². The Balaban J connectivity index is 0.00000126. The maximum absolute atomic E-state index is 12.4. The van der Waals surface area contributed by atoms with Crippen LogP contribution in [0.25, 0.3) is 0 Å². The molecule has 0 aliphatic carbocycles. The van der Waals surface area contributed by atoms with Gasteiger partial charge in [0.2, 0.25) is 0 Å². The van der Waals surface area contributed by atoms with Gasteiger partial charge in [-0.05, 0) is 35.7 Å². The molecule has 1 atom stereocenters. The van der Waals surface area contributed by atoms with Gasteiger partial charge in [-0.3, -0.25) is 9.59 Å². The Hall–Kier alpha value is -2.83. The van der Waals surface area contributed by atoms with Gasteiger partial charge >= 0.3 is 12.1 Å². The fourth-order valence-electron chi connectivity index (χ4n) is 2.93. The maximum Gasteiger partial charge on any atom is 0.471 e. The van der Waals surface area contributed by atoms with Crippen LogP contribution in [0.2, 0.25) is 0 Å². The number of halogens is 3. The number of carbonyl (C=O) groups excluding carboxylic acids is 2. The van der Waals surface area contributed by atoms with Gasteiger partial charge in [-0.1, -0.05) is 44.2 Å². The van der Waals surface area contributed by atoms with Gasteiger partial charge in [-0.2, -0.15) is 13.2 Å². The first kappa shape index (κ1) is 20.5. The number of hydrogen-bond acceptors (Lipinski definition) is 2. The SMILES string of the molecule is CC.O=C1NCC(Cc2cccc(NC(=O)C(F)(F)F)c2)c2ccccc21. The predicted octanol–water partition coefficient (Wildman–Crippen LogP) is 4.28. The highest BCUT2D eigenvalue weighted by Crippen LogP contribution is 2.28. The first-order valence-corrected chi connectivity index (χ1v) is 8.69. The zero-order chi connectivity index (χ0) is 20.0. The van der Waals surface area contributed by atoms with Crippen molar-refractivity contribution in [1.29, 1.82) is 0 Å². The molecule has 0 radical (unpaired) electrons. The Labute approximate surface area is 155 Å². The minimum absolute atomic E-state index is 0.0162. The first-order chi connectivity index (χ1) is 12.8. The van der Waals surface area contributed by atoms with Crippen molar-refractivity contribution in [2.45, 2.75) is 32.4 Å². The molecule has 2 N–H and O–H groups in total. The number of carbonyl (C=O) groups is 2. The average molecular weight is 378 g/mol. The van der Waals surface area contributed by atoms with E-state index in [1.807, 2.05) is 31.3 Å². The number of rotatable bonds is 3. The van der Waals surface area contributed by atoms with E-state index < -0.39 is 12.1 Å². The Morgan fingerprint density at radius 1 is 1.15 bits per heavy atom. The second-order valence-electron chi connectivity index (χ2n) is 5.85. The molecule has 4 nitrogen and oxygen atoms in total. The monoisotopic (exact) mass is 378 g/mol. The van der Waals surface area contributed by atoms with Gasteiger partial charge in [0.05, 0.1) is 0 Å². The average Bonchev–Trinajstić information content (AvgIpc) is 2.65. The molecule has 144 valence electrons. The number of benzene rings is 2. The molecule has 0 bridgehead atoms. The quantitative estimate of drug-likeness (QED) is 0.837. The number of hydrogen-bond donors (Lipinski definition) is 2. The third-order valence-corrected chi connectivity index (χ3v) is 4.08. The van der Waals surface area contributed by atoms with Gasteiger partial charge in [-0.25, -0.2) is 0 Å². The molecule has 0 aromatic heterocycles. The fourth-order valence-corrected chi connectivity index (χ4v) is 2.93. The minimum Gasteiger partial charge on any atom is -0.351 e. The molecule has 2 amide bonds. The fraction of sp³-hybridized carbons (Fsp3) is 0.300. The van der Waals surface area contributed by atoms with E-state index in [2.05, 4.69) is 5.32 Å². The van der Waals surface area contributed by atoms with E-state index in [0.717, 1.165) is 11.1 Å². The number of amides is 2. The molecular weight excluding hydrogens is 357 g/mol. The number of anilines is 1. The highest BCUT2D eigenvalue weighted by molar-refractivity contribution is 5.97. The summed E-state index contributed by atoms with van der Waals surface area (Å²) in [6, 6.07) is 13.6. The van der Waals surface area contributed by atoms with Gasteiger partial charge in [0.15, 0.2) is 0 Å². The summed E-state index contributed by atoms with van der Waals surface area (Å²) in [6.07, 6.45) is -4.39. The molecule has 27 heavy (non-hydrogen) atoms. The van der Waals surface area contributed by atoms with Crippen molar-refractivity contribution < 1.29 is 22.8 Å². The van der Waals surface area contributed by atoms with Crippen LogP contribution in [-0.4, -0.2) is 24.5 Å². The minimum atomic E-state index is -4.93. The van der Waals surface area contributed by atoms with Crippen molar-refractivity contribution in [2.24, 2.45) is 0 Å². The maximum atomic E-state index is 12.4. The molecule has 1 aliphatic rings. The largest absolute Gasteiger partial charge is 0.471 e. The zero-order valence-electron chi connectivity index (χ0n) is 15.1. The molecule has 7 heteroatoms. The molecule has 2 aromatic rings. The standard InChI is InChI=1S/C18H15F3N2O2.C2H6/c19-18(20,21)17(25)23-13-5-3-4-11(9-13)8-12-10-22-16(24)15-7-2-1-6-14(12)15;1-2/h1-7,9,12H,8,10H2,(H,22,24)(H,23,25);1-2H3. The van der Waals surface area contributed by atoms with Crippen LogP contribution in [0, 0.1) is 0 Å². The Morgan fingerprint density at radius 2 is 1.85 bits per heavy atom. The van der Waals surface area contributed by atoms with E-state index in [-0.39, 0.29) is 17.5 Å². The summed E-state index contributed by atoms with van der Waals surface area (Å²) in [6.45, 7) is 4.45. The predicted molar refractivity (Wildman–Crippen MR) is 97.7 cm³/mol. The van der Waals surface area contributed by atoms with Crippen LogP contribution in [0.4, 0.5) is 18.9 Å². The molecule has 0 spiro atoms. The summed E-state index contributed by atoms with van der Waals surface area (Å²) in [7, 11) is 0. The van der Waals surface area contributed by atoms with Crippen molar-refractivity contribution in [2.75, 3.05) is 11.9 Å². The molecular formula is C20H21F3N2O2. The van der Waals surface area contributed by atoms with E-state index in [1.165, 1.54) is 12.1 Å². The van der Waals surface area contributed by atoms with E-state index in [0.29, 0.717) is 18.5 Å². The van der Waals surface area contributed by atoms with Crippen LogP contribution >= 0.6 is 0 Å². The summed E-state index contributed by atoms with van der Waals surface area (Å²) in [4.78, 5) is 22.9. The molecule has 3 rings (SSSR count). The summed E-state index contributed by atoms with van der Waals surface area (Å²) in [5, 5.41) is 4.67. The van der Waals surface area contributed by atoms with Crippen molar-refractivity contribution in [3.63, 3.8) is 0 Å². The van der Waals surface area contributed by atoms with Crippen LogP contribution in [0.15, 0.2) is 48.5 Å². The lowest BCUT2D eigenvalue weighted by atomic mass is 9.86. The van der Waals surface area contributed by atoms with Crippen molar-refractivity contribution in [3.8, 4) is 0 Å². The number of alkyl halides is 3. The number of fused-ring (bicyclic) bond motifs is 1.